The fraction of sp³-hybridized carbons (Fsp3) is 0.333. The van der Waals surface area contributed by atoms with Crippen molar-refractivity contribution >= 4 is 36.0 Å². The first kappa shape index (κ1) is 36.5. The van der Waals surface area contributed by atoms with Gasteiger partial charge in [0.25, 0.3) is 5.91 Å². The number of nitrogens with one attached hydrogen (secondary N) is 4. The molecular formula is C42H41N6O9P. The summed E-state index contributed by atoms with van der Waals surface area (Å²) in [6, 6.07) is 13.4. The van der Waals surface area contributed by atoms with Crippen LogP contribution in [-0.4, -0.2) is 61.3 Å². The van der Waals surface area contributed by atoms with Crippen molar-refractivity contribution in [2.75, 3.05) is 12.0 Å². The molecule has 3 unspecified atom stereocenters. The maximum Gasteiger partial charge on any atom is 0.373 e. The van der Waals surface area contributed by atoms with Gasteiger partial charge in [0.15, 0.2) is 29.2 Å². The highest BCUT2D eigenvalue weighted by Gasteiger charge is 2.61. The number of carbonyl (C=O) groups is 2. The van der Waals surface area contributed by atoms with Gasteiger partial charge in [-0.25, -0.2) is 14.5 Å². The molecule has 15 nitrogen and oxygen atoms in total. The summed E-state index contributed by atoms with van der Waals surface area (Å²) >= 11 is 0. The van der Waals surface area contributed by atoms with Crippen LogP contribution in [0.5, 0.6) is 11.5 Å². The van der Waals surface area contributed by atoms with Crippen molar-refractivity contribution in [3.05, 3.63) is 89.3 Å². The van der Waals surface area contributed by atoms with Crippen molar-refractivity contribution in [1.82, 2.24) is 25.6 Å². The minimum atomic E-state index is -3.94. The molecule has 6 aromatic rings. The average molecular weight is 805 g/mol. The number of benzene rings is 3. The standard InChI is InChI=1S/C42H41N6O9P/c1-6-41(51,7-2)39(50)45-26-16-20-11-13-27-25(15-20)42-24-10-8-9-22(32(24)48-40(42)55-27)21-12-14-28(57-58(5,52)53)33-30(21)23(17-43-33)29-18-44-37(54-29)34-35(42)56-38(47-34)31(19(3)4)46-36(26)49/h8-15,17-19,26,31,40,43,48,51H,6-7,16H2,1-5H3,(H,45,50)(H,46,49)(H,52,53)/t26-,31-,40?,42?/m0/s1. The van der Waals surface area contributed by atoms with Crippen LogP contribution in [0.25, 0.3) is 44.9 Å². The lowest BCUT2D eigenvalue weighted by Crippen LogP contribution is -2.55. The van der Waals surface area contributed by atoms with Gasteiger partial charge >= 0.3 is 7.60 Å². The lowest BCUT2D eigenvalue weighted by atomic mass is 9.72. The molecule has 58 heavy (non-hydrogen) atoms. The van der Waals surface area contributed by atoms with Crippen molar-refractivity contribution in [3.8, 4) is 45.5 Å². The summed E-state index contributed by atoms with van der Waals surface area (Å²) in [6.07, 6.45) is 3.06. The van der Waals surface area contributed by atoms with E-state index >= 15 is 0 Å². The molecule has 3 aromatic heterocycles. The summed E-state index contributed by atoms with van der Waals surface area (Å²) in [5, 5.41) is 21.5. The first-order chi connectivity index (χ1) is 27.7. The third-order valence-electron chi connectivity index (χ3n) is 12.1. The molecule has 1 spiro atoms. The minimum Gasteiger partial charge on any atom is -0.469 e. The van der Waals surface area contributed by atoms with Gasteiger partial charge in [-0.3, -0.25) is 9.59 Å². The fourth-order valence-electron chi connectivity index (χ4n) is 9.02. The largest absolute Gasteiger partial charge is 0.469 e. The second kappa shape index (κ2) is 12.6. The Hall–Kier alpha value is -5.89. The van der Waals surface area contributed by atoms with Crippen LogP contribution < -0.4 is 25.2 Å². The molecule has 6 N–H and O–H groups in total. The highest BCUT2D eigenvalue weighted by atomic mass is 31.2. The molecule has 4 aliphatic heterocycles. The van der Waals surface area contributed by atoms with Crippen LogP contribution in [0, 0.1) is 5.92 Å². The second-order valence-electron chi connectivity index (χ2n) is 15.9. The summed E-state index contributed by atoms with van der Waals surface area (Å²) < 4.78 is 38.5. The lowest BCUT2D eigenvalue weighted by Gasteiger charge is -2.30. The molecule has 4 aliphatic rings. The van der Waals surface area contributed by atoms with E-state index in [9.17, 15) is 24.2 Å². The van der Waals surface area contributed by atoms with Crippen molar-refractivity contribution in [1.29, 1.82) is 0 Å². The van der Waals surface area contributed by atoms with E-state index in [4.69, 9.17) is 28.1 Å². The Bertz CT molecular complexity index is 2760. The Labute approximate surface area is 332 Å². The van der Waals surface area contributed by atoms with E-state index in [0.29, 0.717) is 39.4 Å². The first-order valence-electron chi connectivity index (χ1n) is 19.4. The van der Waals surface area contributed by atoms with Gasteiger partial charge in [0.05, 0.1) is 11.7 Å². The molecule has 10 rings (SSSR count). The number of aliphatic hydroxyl groups is 1. The predicted molar refractivity (Wildman–Crippen MR) is 212 cm³/mol. The normalized spacial score (nSPS) is 22.2. The molecule has 0 radical (unpaired) electrons. The zero-order valence-electron chi connectivity index (χ0n) is 32.3. The Balaban J connectivity index is 1.26. The fourth-order valence-corrected chi connectivity index (χ4v) is 9.54. The van der Waals surface area contributed by atoms with Gasteiger partial charge < -0.3 is 49.0 Å². The van der Waals surface area contributed by atoms with Gasteiger partial charge in [-0.15, -0.1) is 0 Å². The van der Waals surface area contributed by atoms with E-state index in [1.54, 1.807) is 32.3 Å². The Morgan fingerprint density at radius 1 is 1.09 bits per heavy atom. The molecule has 16 heteroatoms. The monoisotopic (exact) mass is 804 g/mol. The molecule has 10 bridgehead atoms. The lowest BCUT2D eigenvalue weighted by molar-refractivity contribution is -0.143. The summed E-state index contributed by atoms with van der Waals surface area (Å²) in [4.78, 5) is 51.2. The number of carbonyl (C=O) groups excluding carboxylic acids is 2. The topological polar surface area (TPSA) is 214 Å². The molecular weight excluding hydrogens is 763 g/mol. The number of hydrogen-bond acceptors (Lipinski definition) is 11. The number of aromatic nitrogens is 3. The van der Waals surface area contributed by atoms with Crippen LogP contribution in [-0.2, 0) is 26.0 Å². The number of oxazole rings is 2. The van der Waals surface area contributed by atoms with Gasteiger partial charge in [-0.05, 0) is 48.1 Å². The van der Waals surface area contributed by atoms with Gasteiger partial charge in [-0.1, -0.05) is 58.0 Å². The Kier molecular flexibility index (Phi) is 7.89. The van der Waals surface area contributed by atoms with Gasteiger partial charge in [0, 0.05) is 52.6 Å². The number of para-hydroxylation sites is 1. The minimum absolute atomic E-state index is 0.115. The number of nitrogens with zero attached hydrogens (tertiary/aromatic N) is 2. The summed E-state index contributed by atoms with van der Waals surface area (Å²) in [7, 11) is -3.94. The van der Waals surface area contributed by atoms with E-state index in [-0.39, 0.29) is 42.7 Å². The van der Waals surface area contributed by atoms with Crippen LogP contribution in [0.15, 0.2) is 69.8 Å². The number of aromatic amines is 1. The van der Waals surface area contributed by atoms with Crippen LogP contribution in [0.4, 0.5) is 5.69 Å². The van der Waals surface area contributed by atoms with Crippen LogP contribution in [0.1, 0.15) is 74.9 Å². The van der Waals surface area contributed by atoms with Crippen molar-refractivity contribution in [3.63, 3.8) is 0 Å². The predicted octanol–water partition coefficient (Wildman–Crippen LogP) is 6.54. The molecule has 0 fully saturated rings. The van der Waals surface area contributed by atoms with Crippen molar-refractivity contribution < 1.29 is 42.2 Å². The zero-order chi connectivity index (χ0) is 40.5. The smallest absolute Gasteiger partial charge is 0.373 e. The zero-order valence-corrected chi connectivity index (χ0v) is 33.2. The molecule has 0 saturated heterocycles. The SMILES string of the molecule is CCC(O)(CC)C(=O)N[C@H]1Cc2ccc3c(c2)C24c5cccc(c5NC2O3)-c2ccc(OP(C)(=O)O)c3[nH]cc(c23)-c2cnc(o2)-c2nc(oc24)[C@H](C(C)C)NC1=O. The van der Waals surface area contributed by atoms with Crippen LogP contribution in [0.3, 0.4) is 0 Å². The molecule has 0 aliphatic carbocycles. The van der Waals surface area contributed by atoms with E-state index in [1.165, 1.54) is 0 Å². The molecule has 0 saturated carbocycles. The molecule has 3 aromatic carbocycles. The Morgan fingerprint density at radius 3 is 2.66 bits per heavy atom. The number of hydrogen-bond donors (Lipinski definition) is 6. The number of rotatable bonds is 7. The van der Waals surface area contributed by atoms with E-state index in [2.05, 4.69) is 20.9 Å². The van der Waals surface area contributed by atoms with Crippen molar-refractivity contribution in [2.24, 2.45) is 5.92 Å². The Morgan fingerprint density at radius 2 is 1.90 bits per heavy atom. The number of fused-ring (bicyclic) bond motifs is 7. The summed E-state index contributed by atoms with van der Waals surface area (Å²) in [5.74, 6) is 0.626. The highest BCUT2D eigenvalue weighted by Crippen LogP contribution is 2.62. The first-order valence-corrected chi connectivity index (χ1v) is 21.4. The number of H-pyrrole nitrogens is 1. The number of ether oxygens (including phenoxy) is 1. The summed E-state index contributed by atoms with van der Waals surface area (Å²) in [6.45, 7) is 8.47. The van der Waals surface area contributed by atoms with E-state index in [1.807, 2.05) is 56.3 Å². The van der Waals surface area contributed by atoms with Crippen LogP contribution >= 0.6 is 7.60 Å². The van der Waals surface area contributed by atoms with E-state index in [0.717, 1.165) is 40.2 Å². The molecule has 5 atom stereocenters. The molecule has 298 valence electrons. The molecule has 2 amide bonds. The third kappa shape index (κ3) is 5.16. The third-order valence-corrected chi connectivity index (χ3v) is 12.6. The van der Waals surface area contributed by atoms with Gasteiger partial charge in [-0.2, -0.15) is 0 Å². The summed E-state index contributed by atoms with van der Waals surface area (Å²) in [5.41, 5.74) is 3.27. The van der Waals surface area contributed by atoms with Crippen LogP contribution in [0.2, 0.25) is 0 Å². The maximum atomic E-state index is 14.3. The van der Waals surface area contributed by atoms with Crippen molar-refractivity contribution in [2.45, 2.75) is 76.3 Å². The van der Waals surface area contributed by atoms with Gasteiger partial charge in [0.1, 0.15) is 28.8 Å². The number of anilines is 1. The van der Waals surface area contributed by atoms with Gasteiger partial charge in [0.2, 0.25) is 17.7 Å². The maximum absolute atomic E-state index is 14.3. The van der Waals surface area contributed by atoms with E-state index < -0.39 is 48.7 Å². The highest BCUT2D eigenvalue weighted by molar-refractivity contribution is 7.52. The average Bonchev–Trinajstić information content (AvgIpc) is 4.02. The quantitative estimate of drug-likeness (QED) is 0.0950. The number of amides is 2. The second-order valence-corrected chi connectivity index (χ2v) is 17.7. The molecule has 7 heterocycles.